The van der Waals surface area contributed by atoms with Gasteiger partial charge in [0, 0.05) is 27.7 Å². The lowest BCUT2D eigenvalue weighted by molar-refractivity contribution is -0.384. The minimum Gasteiger partial charge on any atom is -0.487 e. The zero-order valence-corrected chi connectivity index (χ0v) is 27.2. The fourth-order valence-corrected chi connectivity index (χ4v) is 7.12. The molecule has 3 aromatic carbocycles. The highest BCUT2D eigenvalue weighted by molar-refractivity contribution is 14.1. The lowest BCUT2D eigenvalue weighted by Crippen LogP contribution is -2.40. The van der Waals surface area contributed by atoms with Gasteiger partial charge in [-0.2, -0.15) is 0 Å². The summed E-state index contributed by atoms with van der Waals surface area (Å²) >= 11 is 16.3. The summed E-state index contributed by atoms with van der Waals surface area (Å²) in [7, 11) is 0. The third-order valence-electron chi connectivity index (χ3n) is 6.57. The number of thiazole rings is 1. The molecule has 0 saturated carbocycles. The van der Waals surface area contributed by atoms with Gasteiger partial charge < -0.3 is 9.47 Å². The SMILES string of the molecule is CCOC(=O)C1=C(C)N=c2s/c(=C\c3cc(Cl)cc(I)c3OCc3ccc([N+](=O)[O-])cc3)c(=O)n2[C@H]1c1ccccc1Cl. The van der Waals surface area contributed by atoms with Crippen LogP contribution in [0.25, 0.3) is 6.08 Å². The normalized spacial score (nSPS) is 14.7. The first kappa shape index (κ1) is 30.9. The molecule has 0 N–H and O–H groups in total. The Kier molecular flexibility index (Phi) is 9.35. The Labute approximate surface area is 273 Å². The first-order chi connectivity index (χ1) is 20.6. The van der Waals surface area contributed by atoms with Crippen molar-refractivity contribution in [2.45, 2.75) is 26.5 Å². The smallest absolute Gasteiger partial charge is 0.338 e. The molecule has 0 saturated heterocycles. The topological polar surface area (TPSA) is 113 Å². The van der Waals surface area contributed by atoms with E-state index >= 15 is 0 Å². The molecule has 0 spiro atoms. The van der Waals surface area contributed by atoms with E-state index in [4.69, 9.17) is 32.7 Å². The zero-order valence-electron chi connectivity index (χ0n) is 22.7. The number of ether oxygens (including phenoxy) is 2. The Morgan fingerprint density at radius 2 is 1.91 bits per heavy atom. The van der Waals surface area contributed by atoms with E-state index in [2.05, 4.69) is 27.6 Å². The van der Waals surface area contributed by atoms with Crippen LogP contribution in [0.5, 0.6) is 5.75 Å². The van der Waals surface area contributed by atoms with Gasteiger partial charge in [0.25, 0.3) is 11.2 Å². The van der Waals surface area contributed by atoms with Crippen molar-refractivity contribution < 1.29 is 19.2 Å². The second-order valence-electron chi connectivity index (χ2n) is 9.34. The summed E-state index contributed by atoms with van der Waals surface area (Å²) in [6.45, 7) is 3.70. The molecule has 9 nitrogen and oxygen atoms in total. The van der Waals surface area contributed by atoms with Crippen LogP contribution in [0.3, 0.4) is 0 Å². The summed E-state index contributed by atoms with van der Waals surface area (Å²) in [5, 5.41) is 11.8. The minimum absolute atomic E-state index is 0.0164. The number of benzene rings is 3. The van der Waals surface area contributed by atoms with E-state index < -0.39 is 16.9 Å². The molecule has 2 heterocycles. The van der Waals surface area contributed by atoms with Crippen LogP contribution in [0.2, 0.25) is 10.0 Å². The molecule has 4 aromatic rings. The molecule has 5 rings (SSSR count). The number of esters is 1. The Morgan fingerprint density at radius 1 is 1.19 bits per heavy atom. The molecule has 13 heteroatoms. The van der Waals surface area contributed by atoms with Gasteiger partial charge in [-0.25, -0.2) is 9.79 Å². The van der Waals surface area contributed by atoms with Gasteiger partial charge in [-0.1, -0.05) is 52.7 Å². The summed E-state index contributed by atoms with van der Waals surface area (Å²) in [5.41, 5.74) is 2.12. The van der Waals surface area contributed by atoms with Crippen LogP contribution in [0.4, 0.5) is 5.69 Å². The van der Waals surface area contributed by atoms with Gasteiger partial charge in [0.1, 0.15) is 18.4 Å². The van der Waals surface area contributed by atoms with Crippen LogP contribution in [0.1, 0.15) is 36.6 Å². The van der Waals surface area contributed by atoms with Crippen LogP contribution in [-0.2, 0) is 16.1 Å². The molecule has 220 valence electrons. The van der Waals surface area contributed by atoms with Gasteiger partial charge in [0.2, 0.25) is 0 Å². The highest BCUT2D eigenvalue weighted by Gasteiger charge is 2.34. The maximum atomic E-state index is 14.0. The molecule has 0 radical (unpaired) electrons. The van der Waals surface area contributed by atoms with E-state index in [0.717, 1.165) is 5.56 Å². The van der Waals surface area contributed by atoms with Gasteiger partial charge >= 0.3 is 5.97 Å². The van der Waals surface area contributed by atoms with Crippen molar-refractivity contribution in [2.75, 3.05) is 6.61 Å². The summed E-state index contributed by atoms with van der Waals surface area (Å²) < 4.78 is 14.0. The van der Waals surface area contributed by atoms with Crippen molar-refractivity contribution >= 4 is 74.9 Å². The summed E-state index contributed by atoms with van der Waals surface area (Å²) in [5.74, 6) is -0.0884. The molecular weight excluding hydrogens is 728 g/mol. The lowest BCUT2D eigenvalue weighted by Gasteiger charge is -2.25. The quantitative estimate of drug-likeness (QED) is 0.0919. The lowest BCUT2D eigenvalue weighted by atomic mass is 9.96. The van der Waals surface area contributed by atoms with Crippen LogP contribution in [0.15, 0.2) is 81.7 Å². The molecule has 0 fully saturated rings. The molecule has 0 amide bonds. The van der Waals surface area contributed by atoms with E-state index in [0.29, 0.717) is 45.5 Å². The van der Waals surface area contributed by atoms with Gasteiger partial charge in [0.15, 0.2) is 4.80 Å². The fourth-order valence-electron chi connectivity index (χ4n) is 4.63. The van der Waals surface area contributed by atoms with Crippen molar-refractivity contribution in [3.63, 3.8) is 0 Å². The first-order valence-corrected chi connectivity index (χ1v) is 15.5. The maximum absolute atomic E-state index is 14.0. The third kappa shape index (κ3) is 6.40. The van der Waals surface area contributed by atoms with Crippen LogP contribution < -0.4 is 19.6 Å². The number of halogens is 3. The summed E-state index contributed by atoms with van der Waals surface area (Å²) in [4.78, 5) is 42.7. The Balaban J connectivity index is 1.62. The van der Waals surface area contributed by atoms with Gasteiger partial charge in [-0.15, -0.1) is 0 Å². The van der Waals surface area contributed by atoms with Crippen molar-refractivity contribution in [3.05, 3.63) is 132 Å². The molecule has 1 atom stereocenters. The van der Waals surface area contributed by atoms with Gasteiger partial charge in [-0.3, -0.25) is 19.5 Å². The Morgan fingerprint density at radius 3 is 2.58 bits per heavy atom. The number of nitro benzene ring substituents is 1. The highest BCUT2D eigenvalue weighted by Crippen LogP contribution is 2.35. The molecule has 43 heavy (non-hydrogen) atoms. The molecule has 1 aliphatic heterocycles. The largest absolute Gasteiger partial charge is 0.487 e. The van der Waals surface area contributed by atoms with Crippen LogP contribution >= 0.6 is 57.1 Å². The molecular formula is C30H22Cl2IN3O6S. The molecule has 1 aromatic heterocycles. The molecule has 1 aliphatic rings. The van der Waals surface area contributed by atoms with E-state index in [-0.39, 0.29) is 30.0 Å². The van der Waals surface area contributed by atoms with Gasteiger partial charge in [-0.05, 0) is 84.0 Å². The highest BCUT2D eigenvalue weighted by atomic mass is 127. The number of nitrogens with zero attached hydrogens (tertiary/aromatic N) is 3. The number of non-ortho nitro benzene ring substituents is 1. The number of nitro groups is 1. The average Bonchev–Trinajstić information content (AvgIpc) is 3.26. The number of hydrogen-bond donors (Lipinski definition) is 0. The molecule has 0 bridgehead atoms. The van der Waals surface area contributed by atoms with Crippen molar-refractivity contribution in [3.8, 4) is 5.75 Å². The predicted octanol–water partition coefficient (Wildman–Crippen LogP) is 6.20. The average molecular weight is 750 g/mol. The Hall–Kier alpha value is -3.52. The van der Waals surface area contributed by atoms with Crippen LogP contribution in [0, 0.1) is 13.7 Å². The molecule has 0 aliphatic carbocycles. The fraction of sp³-hybridized carbons (Fsp3) is 0.167. The monoisotopic (exact) mass is 749 g/mol. The number of carbonyl (C=O) groups is 1. The Bertz CT molecular complexity index is 1970. The second kappa shape index (κ2) is 13.0. The summed E-state index contributed by atoms with van der Waals surface area (Å²) in [6, 6.07) is 15.7. The number of rotatable bonds is 8. The van der Waals surface area contributed by atoms with Crippen molar-refractivity contribution in [2.24, 2.45) is 4.99 Å². The number of allylic oxidation sites excluding steroid dienone is 1. The third-order valence-corrected chi connectivity index (χ3v) is 8.92. The van der Waals surface area contributed by atoms with Crippen LogP contribution in [-0.4, -0.2) is 22.1 Å². The van der Waals surface area contributed by atoms with E-state index in [1.54, 1.807) is 68.5 Å². The van der Waals surface area contributed by atoms with Gasteiger partial charge in [0.05, 0.1) is 30.9 Å². The van der Waals surface area contributed by atoms with E-state index in [1.807, 2.05) is 0 Å². The van der Waals surface area contributed by atoms with E-state index in [9.17, 15) is 19.7 Å². The zero-order chi connectivity index (χ0) is 30.8. The van der Waals surface area contributed by atoms with E-state index in [1.165, 1.54) is 28.0 Å². The maximum Gasteiger partial charge on any atom is 0.338 e. The second-order valence-corrected chi connectivity index (χ2v) is 12.4. The number of hydrogen-bond acceptors (Lipinski definition) is 8. The van der Waals surface area contributed by atoms with Crippen molar-refractivity contribution in [1.82, 2.24) is 4.57 Å². The molecule has 0 unspecified atom stereocenters. The van der Waals surface area contributed by atoms with Crippen molar-refractivity contribution in [1.29, 1.82) is 0 Å². The number of carbonyl (C=O) groups excluding carboxylic acids is 1. The summed E-state index contributed by atoms with van der Waals surface area (Å²) in [6.07, 6.45) is 1.68. The number of fused-ring (bicyclic) bond motifs is 1. The standard InChI is InChI=1S/C30H22Cl2IN3O6S/c1-3-41-29(38)25-16(2)34-30-35(26(25)21-6-4-5-7-22(21)32)28(37)24(43-30)13-18-12-19(31)14-23(33)27(18)42-15-17-8-10-20(11-9-17)36(39)40/h4-14,26H,3,15H2,1-2H3/b24-13-/t26-/m0/s1. The predicted molar refractivity (Wildman–Crippen MR) is 173 cm³/mol. The minimum atomic E-state index is -0.844. The first-order valence-electron chi connectivity index (χ1n) is 12.9. The number of aromatic nitrogens is 1.